The molecule has 8 heteroatoms. The molecule has 6 nitrogen and oxygen atoms in total. The molecular formula is C26H30FN3O3S. The second-order valence-corrected chi connectivity index (χ2v) is 11.6. The summed E-state index contributed by atoms with van der Waals surface area (Å²) in [6.07, 6.45) is 6.84. The molecular weight excluding hydrogens is 453 g/mol. The molecule has 1 spiro atoms. The van der Waals surface area contributed by atoms with Crippen LogP contribution < -0.4 is 4.90 Å². The van der Waals surface area contributed by atoms with E-state index >= 15 is 0 Å². The number of hydrogen-bond acceptors (Lipinski definition) is 4. The van der Waals surface area contributed by atoms with Crippen LogP contribution in [0.15, 0.2) is 65.6 Å². The van der Waals surface area contributed by atoms with Crippen LogP contribution in [0.1, 0.15) is 38.2 Å². The number of benzene rings is 2. The van der Waals surface area contributed by atoms with E-state index in [9.17, 15) is 17.6 Å². The Labute approximate surface area is 200 Å². The topological polar surface area (TPSA) is 60.9 Å². The summed E-state index contributed by atoms with van der Waals surface area (Å²) >= 11 is 0. The van der Waals surface area contributed by atoms with Crippen LogP contribution in [-0.2, 0) is 21.4 Å². The smallest absolute Gasteiger partial charge is 0.251 e. The van der Waals surface area contributed by atoms with Gasteiger partial charge in [-0.25, -0.2) is 12.8 Å². The molecule has 34 heavy (non-hydrogen) atoms. The van der Waals surface area contributed by atoms with Gasteiger partial charge in [0.05, 0.1) is 10.4 Å². The summed E-state index contributed by atoms with van der Waals surface area (Å²) in [4.78, 5) is 17.1. The van der Waals surface area contributed by atoms with Gasteiger partial charge in [-0.1, -0.05) is 24.3 Å². The van der Waals surface area contributed by atoms with Crippen LogP contribution in [0.3, 0.4) is 0 Å². The van der Waals surface area contributed by atoms with Crippen molar-refractivity contribution < 1.29 is 17.6 Å². The summed E-state index contributed by atoms with van der Waals surface area (Å²) in [5.74, 6) is -0.479. The predicted molar refractivity (Wildman–Crippen MR) is 129 cm³/mol. The van der Waals surface area contributed by atoms with E-state index in [1.165, 1.54) is 12.1 Å². The normalized spacial score (nSPS) is 26.1. The van der Waals surface area contributed by atoms with Crippen molar-refractivity contribution in [3.63, 3.8) is 0 Å². The Balaban J connectivity index is 1.32. The van der Waals surface area contributed by atoms with Gasteiger partial charge in [0.15, 0.2) is 0 Å². The first-order valence-corrected chi connectivity index (χ1v) is 13.3. The highest BCUT2D eigenvalue weighted by molar-refractivity contribution is 7.89. The van der Waals surface area contributed by atoms with Crippen molar-refractivity contribution in [2.45, 2.75) is 55.6 Å². The number of carbonyl (C=O) groups excluding carboxylic acids is 1. The molecule has 2 aromatic carbocycles. The molecule has 0 unspecified atom stereocenters. The van der Waals surface area contributed by atoms with Crippen molar-refractivity contribution in [3.8, 4) is 0 Å². The molecule has 0 aromatic heterocycles. The Bertz CT molecular complexity index is 1230. The first-order chi connectivity index (χ1) is 16.3. The molecule has 0 N–H and O–H groups in total. The minimum Gasteiger partial charge on any atom is -0.299 e. The molecule has 0 bridgehead atoms. The lowest BCUT2D eigenvalue weighted by Crippen LogP contribution is -2.56. The van der Waals surface area contributed by atoms with Gasteiger partial charge in [0.1, 0.15) is 5.82 Å². The van der Waals surface area contributed by atoms with E-state index in [1.54, 1.807) is 39.5 Å². The van der Waals surface area contributed by atoms with E-state index in [-0.39, 0.29) is 17.8 Å². The molecule has 3 heterocycles. The van der Waals surface area contributed by atoms with Crippen molar-refractivity contribution in [3.05, 3.63) is 72.1 Å². The van der Waals surface area contributed by atoms with Gasteiger partial charge in [-0.05, 0) is 68.5 Å². The number of amides is 1. The zero-order chi connectivity index (χ0) is 23.9. The maximum Gasteiger partial charge on any atom is 0.251 e. The van der Waals surface area contributed by atoms with Crippen LogP contribution in [0, 0.1) is 5.82 Å². The maximum absolute atomic E-state index is 13.9. The molecule has 2 aromatic rings. The fourth-order valence-corrected chi connectivity index (χ4v) is 7.19. The highest BCUT2D eigenvalue weighted by atomic mass is 32.2. The number of nitrogens with zero attached hydrogens (tertiary/aromatic N) is 3. The monoisotopic (exact) mass is 483 g/mol. The lowest BCUT2D eigenvalue weighted by Gasteiger charge is -2.47. The largest absolute Gasteiger partial charge is 0.299 e. The first-order valence-electron chi connectivity index (χ1n) is 11.9. The molecule has 0 saturated carbocycles. The number of likely N-dealkylation sites (tertiary alicyclic amines) is 1. The van der Waals surface area contributed by atoms with Crippen LogP contribution in [0.5, 0.6) is 0 Å². The van der Waals surface area contributed by atoms with Gasteiger partial charge < -0.3 is 0 Å². The number of piperidine rings is 1. The summed E-state index contributed by atoms with van der Waals surface area (Å²) in [6, 6.07) is 13.6. The number of hydrogen-bond donors (Lipinski definition) is 0. The molecule has 0 radical (unpaired) electrons. The van der Waals surface area contributed by atoms with Gasteiger partial charge in [-0.2, -0.15) is 4.31 Å². The summed E-state index contributed by atoms with van der Waals surface area (Å²) in [6.45, 7) is 4.69. The van der Waals surface area contributed by atoms with E-state index in [2.05, 4.69) is 11.8 Å². The van der Waals surface area contributed by atoms with Gasteiger partial charge in [0.2, 0.25) is 10.0 Å². The highest BCUT2D eigenvalue weighted by Crippen LogP contribution is 2.41. The molecule has 3 aliphatic heterocycles. The number of carbonyl (C=O) groups is 1. The molecule has 3 aliphatic rings. The molecule has 2 saturated heterocycles. The van der Waals surface area contributed by atoms with E-state index in [1.807, 2.05) is 18.2 Å². The van der Waals surface area contributed by atoms with Crippen LogP contribution >= 0.6 is 0 Å². The van der Waals surface area contributed by atoms with Gasteiger partial charge in [-0.3, -0.25) is 14.6 Å². The number of anilines is 1. The Morgan fingerprint density at radius 3 is 2.56 bits per heavy atom. The average Bonchev–Trinajstić information content (AvgIpc) is 3.46. The van der Waals surface area contributed by atoms with Gasteiger partial charge in [0.25, 0.3) is 5.91 Å². The van der Waals surface area contributed by atoms with Gasteiger partial charge >= 0.3 is 0 Å². The van der Waals surface area contributed by atoms with Crippen LogP contribution in [0.25, 0.3) is 0 Å². The molecule has 2 fully saturated rings. The zero-order valence-electron chi connectivity index (χ0n) is 19.4. The number of rotatable bonds is 5. The summed E-state index contributed by atoms with van der Waals surface area (Å²) < 4.78 is 41.4. The Morgan fingerprint density at radius 2 is 1.82 bits per heavy atom. The van der Waals surface area contributed by atoms with Gasteiger partial charge in [0, 0.05) is 44.0 Å². The third-order valence-electron chi connectivity index (χ3n) is 7.36. The van der Waals surface area contributed by atoms with Gasteiger partial charge in [-0.15, -0.1) is 0 Å². The molecule has 0 aliphatic carbocycles. The average molecular weight is 484 g/mol. The Hall–Kier alpha value is -2.55. The first kappa shape index (κ1) is 23.2. The van der Waals surface area contributed by atoms with E-state index in [4.69, 9.17) is 0 Å². The van der Waals surface area contributed by atoms with Crippen LogP contribution in [0.4, 0.5) is 10.1 Å². The van der Waals surface area contributed by atoms with Crippen LogP contribution in [-0.4, -0.2) is 54.7 Å². The van der Waals surface area contributed by atoms with Crippen molar-refractivity contribution in [2.75, 3.05) is 24.5 Å². The summed E-state index contributed by atoms with van der Waals surface area (Å²) in [7, 11) is -3.45. The van der Waals surface area contributed by atoms with E-state index < -0.39 is 15.6 Å². The fraction of sp³-hybridized carbons (Fsp3) is 0.423. The predicted octanol–water partition coefficient (Wildman–Crippen LogP) is 3.94. The van der Waals surface area contributed by atoms with Crippen molar-refractivity contribution in [2.24, 2.45) is 0 Å². The molecule has 180 valence electrons. The van der Waals surface area contributed by atoms with E-state index in [0.29, 0.717) is 30.2 Å². The fourth-order valence-electron chi connectivity index (χ4n) is 5.60. The van der Waals surface area contributed by atoms with Crippen molar-refractivity contribution in [1.29, 1.82) is 0 Å². The Morgan fingerprint density at radius 1 is 1.06 bits per heavy atom. The third-order valence-corrected chi connectivity index (χ3v) is 9.25. The van der Waals surface area contributed by atoms with E-state index in [0.717, 1.165) is 37.8 Å². The SMILES string of the molecule is C[C@@H]1C[C@]2(C=CC(=O)N2c2cccc(F)c2)CCN1Cc1cccc(S(=O)(=O)N2CCCC2)c1. The summed E-state index contributed by atoms with van der Waals surface area (Å²) in [5.41, 5.74) is 1.07. The second kappa shape index (κ2) is 8.91. The minimum atomic E-state index is -3.45. The quantitative estimate of drug-likeness (QED) is 0.647. The minimum absolute atomic E-state index is 0.119. The molecule has 5 rings (SSSR count). The standard InChI is InChI=1S/C26H30FN3O3S/c1-20-18-26(11-10-25(31)30(26)23-8-5-7-22(27)17-23)12-15-28(20)19-21-6-4-9-24(16-21)34(32,33)29-13-2-3-14-29/h4-11,16-17,20H,2-3,12-15,18-19H2,1H3/t20-,26+/m1/s1. The maximum atomic E-state index is 13.9. The van der Waals surface area contributed by atoms with Crippen LogP contribution in [0.2, 0.25) is 0 Å². The third kappa shape index (κ3) is 4.19. The lowest BCUT2D eigenvalue weighted by molar-refractivity contribution is -0.114. The number of halogens is 1. The molecule has 1 amide bonds. The van der Waals surface area contributed by atoms with Crippen molar-refractivity contribution in [1.82, 2.24) is 9.21 Å². The number of sulfonamides is 1. The summed E-state index contributed by atoms with van der Waals surface area (Å²) in [5, 5.41) is 0. The molecule has 2 atom stereocenters. The highest BCUT2D eigenvalue weighted by Gasteiger charge is 2.46. The lowest BCUT2D eigenvalue weighted by atomic mass is 9.82. The Kier molecular flexibility index (Phi) is 6.08. The second-order valence-electron chi connectivity index (χ2n) is 9.62. The van der Waals surface area contributed by atoms with Crippen molar-refractivity contribution >= 4 is 21.6 Å². The zero-order valence-corrected chi connectivity index (χ0v) is 20.2.